The highest BCUT2D eigenvalue weighted by Crippen LogP contribution is 2.23. The van der Waals surface area contributed by atoms with Gasteiger partial charge in [0.15, 0.2) is 0 Å². The molecule has 0 aliphatic carbocycles. The van der Waals surface area contributed by atoms with Crippen LogP contribution in [-0.4, -0.2) is 26.8 Å². The van der Waals surface area contributed by atoms with Gasteiger partial charge in [-0.3, -0.25) is 14.6 Å². The Hall–Kier alpha value is -3.26. The molecule has 0 aliphatic heterocycles. The molecular formula is C20H16BrN3O4. The molecule has 7 nitrogen and oxygen atoms in total. The maximum atomic E-state index is 12.4. The number of aromatic hydroxyl groups is 1. The van der Waals surface area contributed by atoms with Crippen molar-refractivity contribution in [3.63, 3.8) is 0 Å². The summed E-state index contributed by atoms with van der Waals surface area (Å²) in [7, 11) is 0. The van der Waals surface area contributed by atoms with Crippen molar-refractivity contribution >= 4 is 28.1 Å². The first kappa shape index (κ1) is 19.5. The van der Waals surface area contributed by atoms with Crippen molar-refractivity contribution in [2.75, 3.05) is 0 Å². The monoisotopic (exact) mass is 441 g/mol. The van der Waals surface area contributed by atoms with Gasteiger partial charge in [0.05, 0.1) is 5.69 Å². The molecule has 0 atom stereocenters. The molecule has 0 bridgehead atoms. The molecule has 1 aromatic heterocycles. The fraction of sp³-hybridized carbons (Fsp3) is 0.100. The number of benzene rings is 2. The van der Waals surface area contributed by atoms with Crippen LogP contribution in [0.15, 0.2) is 67.6 Å². The Labute approximate surface area is 168 Å². The zero-order valence-corrected chi connectivity index (χ0v) is 16.4. The molecule has 28 heavy (non-hydrogen) atoms. The van der Waals surface area contributed by atoms with Crippen LogP contribution in [-0.2, 0) is 6.42 Å². The van der Waals surface area contributed by atoms with E-state index in [1.165, 1.54) is 0 Å². The average Bonchev–Trinajstić information content (AvgIpc) is 2.69. The number of nitrogens with one attached hydrogen (secondary N) is 1. The number of amides is 1. The number of halogens is 1. The zero-order chi connectivity index (χ0) is 20.3. The normalized spacial score (nSPS) is 11.1. The third kappa shape index (κ3) is 3.86. The highest BCUT2D eigenvalue weighted by Gasteiger charge is 2.17. The van der Waals surface area contributed by atoms with Crippen LogP contribution in [0.1, 0.15) is 28.4 Å². The van der Waals surface area contributed by atoms with Crippen LogP contribution in [0.2, 0.25) is 0 Å². The van der Waals surface area contributed by atoms with E-state index in [9.17, 15) is 19.5 Å². The molecule has 0 unspecified atom stereocenters. The first-order valence-corrected chi connectivity index (χ1v) is 9.22. The summed E-state index contributed by atoms with van der Waals surface area (Å²) in [6, 6.07) is 13.5. The Morgan fingerprint density at radius 2 is 1.93 bits per heavy atom. The largest absolute Gasteiger partial charge is 0.493 e. The summed E-state index contributed by atoms with van der Waals surface area (Å²) < 4.78 is 1.81. The molecule has 0 radical (unpaired) electrons. The summed E-state index contributed by atoms with van der Waals surface area (Å²) in [5.74, 6) is -1.16. The Kier molecular flexibility index (Phi) is 5.70. The first-order chi connectivity index (χ1) is 13.4. The summed E-state index contributed by atoms with van der Waals surface area (Å²) in [4.78, 5) is 42.5. The van der Waals surface area contributed by atoms with E-state index in [-0.39, 0.29) is 5.56 Å². The molecule has 8 heteroatoms. The number of carbonyl (C=O) groups is 1. The van der Waals surface area contributed by atoms with Crippen molar-refractivity contribution in [1.82, 2.24) is 9.55 Å². The number of nitrogens with zero attached hydrogens (tertiary/aromatic N) is 2. The number of H-pyrrole nitrogens is 1. The summed E-state index contributed by atoms with van der Waals surface area (Å²) in [5.41, 5.74) is -0.363. The lowest BCUT2D eigenvalue weighted by molar-refractivity contribution is 0.100. The maximum Gasteiger partial charge on any atom is 0.335 e. The van der Waals surface area contributed by atoms with Gasteiger partial charge in [0.2, 0.25) is 5.88 Å². The lowest BCUT2D eigenvalue weighted by Gasteiger charge is -2.13. The van der Waals surface area contributed by atoms with Gasteiger partial charge < -0.3 is 5.11 Å². The molecular weight excluding hydrogens is 426 g/mol. The van der Waals surface area contributed by atoms with Crippen molar-refractivity contribution in [1.29, 1.82) is 0 Å². The number of aromatic nitrogens is 2. The topological polar surface area (TPSA) is 105 Å². The van der Waals surface area contributed by atoms with Gasteiger partial charge in [-0.2, -0.15) is 0 Å². The molecule has 0 saturated heterocycles. The standard InChI is InChI=1S/C20H16BrN3O4/c1-2-12-10-14(21)8-9-16(12)24-19(27)15(18(26)23-20(24)28)11-22-17(25)13-6-4-3-5-7-13/h3-11,27H,2H2,1H3,(H,23,26,28). The molecule has 2 aromatic carbocycles. The van der Waals surface area contributed by atoms with E-state index in [1.54, 1.807) is 42.5 Å². The molecule has 1 heterocycles. The fourth-order valence-corrected chi connectivity index (χ4v) is 3.12. The van der Waals surface area contributed by atoms with Crippen molar-refractivity contribution in [2.45, 2.75) is 13.3 Å². The van der Waals surface area contributed by atoms with Crippen LogP contribution in [0.3, 0.4) is 0 Å². The van der Waals surface area contributed by atoms with Gasteiger partial charge in [-0.15, -0.1) is 0 Å². The number of hydrogen-bond donors (Lipinski definition) is 2. The molecule has 0 fully saturated rings. The van der Waals surface area contributed by atoms with E-state index in [2.05, 4.69) is 25.9 Å². The Morgan fingerprint density at radius 3 is 2.61 bits per heavy atom. The number of rotatable bonds is 4. The summed E-state index contributed by atoms with van der Waals surface area (Å²) in [5, 5.41) is 10.6. The average molecular weight is 442 g/mol. The minimum Gasteiger partial charge on any atom is -0.493 e. The minimum absolute atomic E-state index is 0.283. The van der Waals surface area contributed by atoms with Crippen LogP contribution in [0, 0.1) is 0 Å². The number of aliphatic imine (C=N–C) groups is 1. The quantitative estimate of drug-likeness (QED) is 0.607. The summed E-state index contributed by atoms with van der Waals surface area (Å²) in [6.07, 6.45) is 1.56. The second kappa shape index (κ2) is 8.18. The fourth-order valence-electron chi connectivity index (χ4n) is 2.71. The van der Waals surface area contributed by atoms with E-state index in [4.69, 9.17) is 0 Å². The van der Waals surface area contributed by atoms with Crippen molar-refractivity contribution in [3.05, 3.63) is 90.5 Å². The molecule has 0 spiro atoms. The first-order valence-electron chi connectivity index (χ1n) is 8.43. The van der Waals surface area contributed by atoms with Gasteiger partial charge in [-0.1, -0.05) is 41.1 Å². The number of aryl methyl sites for hydroxylation is 1. The molecule has 1 amide bonds. The second-order valence-corrected chi connectivity index (χ2v) is 6.80. The molecule has 3 rings (SSSR count). The van der Waals surface area contributed by atoms with Gasteiger partial charge in [-0.05, 0) is 42.3 Å². The van der Waals surface area contributed by atoms with Gasteiger partial charge in [-0.25, -0.2) is 14.4 Å². The molecule has 0 saturated carbocycles. The number of carbonyl (C=O) groups excluding carboxylic acids is 1. The van der Waals surface area contributed by atoms with E-state index >= 15 is 0 Å². The van der Waals surface area contributed by atoms with Gasteiger partial charge >= 0.3 is 5.69 Å². The van der Waals surface area contributed by atoms with Gasteiger partial charge in [0, 0.05) is 16.3 Å². The Balaban J connectivity index is 2.11. The summed E-state index contributed by atoms with van der Waals surface area (Å²) >= 11 is 3.37. The molecule has 142 valence electrons. The number of hydrogen-bond acceptors (Lipinski definition) is 4. The van der Waals surface area contributed by atoms with Crippen LogP contribution in [0.5, 0.6) is 5.88 Å². The van der Waals surface area contributed by atoms with Crippen molar-refractivity contribution < 1.29 is 9.90 Å². The van der Waals surface area contributed by atoms with Crippen LogP contribution >= 0.6 is 15.9 Å². The smallest absolute Gasteiger partial charge is 0.335 e. The van der Waals surface area contributed by atoms with Crippen LogP contribution < -0.4 is 11.2 Å². The van der Waals surface area contributed by atoms with Gasteiger partial charge in [0.1, 0.15) is 5.56 Å². The second-order valence-electron chi connectivity index (χ2n) is 5.89. The van der Waals surface area contributed by atoms with E-state index in [0.717, 1.165) is 20.8 Å². The molecule has 2 N–H and O–H groups in total. The Bertz CT molecular complexity index is 1180. The lowest BCUT2D eigenvalue weighted by Crippen LogP contribution is -2.31. The minimum atomic E-state index is -0.835. The highest BCUT2D eigenvalue weighted by atomic mass is 79.9. The predicted molar refractivity (Wildman–Crippen MR) is 110 cm³/mol. The van der Waals surface area contributed by atoms with Crippen LogP contribution in [0.4, 0.5) is 0 Å². The van der Waals surface area contributed by atoms with Crippen molar-refractivity contribution in [2.24, 2.45) is 4.99 Å². The predicted octanol–water partition coefficient (Wildman–Crippen LogP) is 2.82. The SMILES string of the molecule is CCc1cc(Br)ccc1-n1c(O)c(C=NC(=O)c2ccccc2)c(=O)[nH]c1=O. The summed E-state index contributed by atoms with van der Waals surface area (Å²) in [6.45, 7) is 1.90. The number of aromatic amines is 1. The maximum absolute atomic E-state index is 12.4. The zero-order valence-electron chi connectivity index (χ0n) is 14.8. The lowest BCUT2D eigenvalue weighted by atomic mass is 10.1. The third-order valence-corrected chi connectivity index (χ3v) is 4.61. The molecule has 0 aliphatic rings. The van der Waals surface area contributed by atoms with E-state index in [0.29, 0.717) is 17.7 Å². The molecule has 3 aromatic rings. The third-order valence-electron chi connectivity index (χ3n) is 4.12. The van der Waals surface area contributed by atoms with Crippen molar-refractivity contribution in [3.8, 4) is 11.6 Å². The van der Waals surface area contributed by atoms with Gasteiger partial charge in [0.25, 0.3) is 11.5 Å². The van der Waals surface area contributed by atoms with E-state index < -0.39 is 23.0 Å². The van der Waals surface area contributed by atoms with E-state index in [1.807, 2.05) is 13.0 Å². The van der Waals surface area contributed by atoms with Crippen LogP contribution in [0.25, 0.3) is 5.69 Å². The Morgan fingerprint density at radius 1 is 1.21 bits per heavy atom. The highest BCUT2D eigenvalue weighted by molar-refractivity contribution is 9.10.